The molecule has 0 spiro atoms. The van der Waals surface area contributed by atoms with E-state index in [0.717, 1.165) is 38.5 Å². The van der Waals surface area contributed by atoms with Gasteiger partial charge in [0.15, 0.2) is 0 Å². The van der Waals surface area contributed by atoms with Crippen molar-refractivity contribution in [2.75, 3.05) is 0 Å². The molecule has 118 valence electrons. The van der Waals surface area contributed by atoms with Crippen molar-refractivity contribution in [1.29, 1.82) is 9.56 Å². The maximum atomic E-state index is 12.9. The van der Waals surface area contributed by atoms with Gasteiger partial charge in [0.1, 0.15) is 0 Å². The molecule has 1 aromatic rings. The monoisotopic (exact) mass is 336 g/mol. The minimum Gasteiger partial charge on any atom is -0.248 e. The quantitative estimate of drug-likeness (QED) is 0.880. The summed E-state index contributed by atoms with van der Waals surface area (Å²) in [4.78, 5) is 1.12. The zero-order valence-corrected chi connectivity index (χ0v) is 14.0. The third kappa shape index (κ3) is 1.31. The second kappa shape index (κ2) is 3.61. The van der Waals surface area contributed by atoms with Gasteiger partial charge in [0.05, 0.1) is 29.0 Å². The Kier molecular flexibility index (Phi) is 2.23. The first kappa shape index (κ1) is 13.5. The fourth-order valence-corrected chi connectivity index (χ4v) is 9.69. The number of rotatable bonds is 4. The van der Waals surface area contributed by atoms with Crippen LogP contribution in [-0.2, 0) is 19.5 Å². The van der Waals surface area contributed by atoms with Gasteiger partial charge in [-0.05, 0) is 74.6 Å². The van der Waals surface area contributed by atoms with Crippen LogP contribution in [0, 0.1) is 21.4 Å². The molecular weight excluding hydrogens is 316 g/mol. The van der Waals surface area contributed by atoms with Crippen LogP contribution in [0.5, 0.6) is 0 Å². The van der Waals surface area contributed by atoms with Crippen LogP contribution in [0.25, 0.3) is 0 Å². The summed E-state index contributed by atoms with van der Waals surface area (Å²) in [5, 5.41) is 0. The van der Waals surface area contributed by atoms with Crippen molar-refractivity contribution in [2.24, 2.45) is 11.8 Å². The molecule has 0 heterocycles. The summed E-state index contributed by atoms with van der Waals surface area (Å²) in [5.41, 5.74) is 0. The average molecular weight is 336 g/mol. The van der Waals surface area contributed by atoms with Gasteiger partial charge in [0.2, 0.25) is 0 Å². The summed E-state index contributed by atoms with van der Waals surface area (Å²) in [6, 6.07) is 6.80. The van der Waals surface area contributed by atoms with Gasteiger partial charge in [-0.15, -0.1) is 0 Å². The molecule has 6 fully saturated rings. The van der Waals surface area contributed by atoms with Gasteiger partial charge in [-0.25, -0.2) is 18.0 Å². The van der Waals surface area contributed by atoms with Crippen molar-refractivity contribution in [3.8, 4) is 0 Å². The third-order valence-electron chi connectivity index (χ3n) is 6.67. The Morgan fingerprint density at radius 3 is 1.18 bits per heavy atom. The SMILES string of the molecule is N=S(=O)(c1ccc(S(=N)(=O)C23CC(C2)C3)cc1)C12CC(C1)C2. The Bertz CT molecular complexity index is 776. The molecule has 7 rings (SSSR count). The van der Waals surface area contributed by atoms with Gasteiger partial charge in [-0.3, -0.25) is 0 Å². The molecule has 0 saturated heterocycles. The Labute approximate surface area is 131 Å². The maximum Gasteiger partial charge on any atom is 0.0784 e. The molecule has 2 atom stereocenters. The molecule has 22 heavy (non-hydrogen) atoms. The summed E-state index contributed by atoms with van der Waals surface area (Å²) in [6.07, 6.45) is 5.56. The van der Waals surface area contributed by atoms with Crippen LogP contribution < -0.4 is 0 Å². The second-order valence-electron chi connectivity index (χ2n) is 7.91. The largest absolute Gasteiger partial charge is 0.248 e. The zero-order valence-electron chi connectivity index (χ0n) is 12.3. The lowest BCUT2D eigenvalue weighted by Crippen LogP contribution is -2.62. The lowest BCUT2D eigenvalue weighted by molar-refractivity contribution is 0.0510. The van der Waals surface area contributed by atoms with E-state index in [1.165, 1.54) is 0 Å². The molecule has 0 radical (unpaired) electrons. The molecule has 1 aromatic carbocycles. The average Bonchev–Trinajstić information content (AvgIpc) is 2.19. The van der Waals surface area contributed by atoms with E-state index in [2.05, 4.69) is 0 Å². The van der Waals surface area contributed by atoms with E-state index in [0.29, 0.717) is 21.6 Å². The number of nitrogens with one attached hydrogen (secondary N) is 2. The summed E-state index contributed by atoms with van der Waals surface area (Å²) in [7, 11) is -5.54. The Balaban J connectivity index is 1.49. The minimum atomic E-state index is -2.77. The molecule has 6 aliphatic rings. The van der Waals surface area contributed by atoms with E-state index >= 15 is 0 Å². The molecule has 0 aromatic heterocycles. The van der Waals surface area contributed by atoms with Gasteiger partial charge in [0, 0.05) is 9.79 Å². The van der Waals surface area contributed by atoms with Crippen molar-refractivity contribution >= 4 is 19.5 Å². The van der Waals surface area contributed by atoms with Crippen LogP contribution in [0.15, 0.2) is 34.1 Å². The highest BCUT2D eigenvalue weighted by Crippen LogP contribution is 2.64. The van der Waals surface area contributed by atoms with Crippen molar-refractivity contribution < 1.29 is 8.42 Å². The highest BCUT2D eigenvalue weighted by molar-refractivity contribution is 7.94. The standard InChI is InChI=1S/C16H20N2O2S2/c17-21(19,15-5-11(6-15)7-15)13-1-2-14(4-3-13)22(18,20)16-8-12(9-16)10-16/h1-4,11-12,17-18H,5-10H2. The first-order chi connectivity index (χ1) is 10.3. The van der Waals surface area contributed by atoms with E-state index in [9.17, 15) is 8.42 Å². The van der Waals surface area contributed by atoms with Crippen LogP contribution in [0.4, 0.5) is 0 Å². The molecule has 2 unspecified atom stereocenters. The smallest absolute Gasteiger partial charge is 0.0784 e. The second-order valence-corrected chi connectivity index (χ2v) is 12.8. The van der Waals surface area contributed by atoms with Crippen LogP contribution in [0.1, 0.15) is 38.5 Å². The third-order valence-corrected chi connectivity index (χ3v) is 12.0. The van der Waals surface area contributed by atoms with Gasteiger partial charge < -0.3 is 0 Å². The Morgan fingerprint density at radius 2 is 1.00 bits per heavy atom. The molecule has 2 N–H and O–H groups in total. The topological polar surface area (TPSA) is 81.8 Å². The number of hydrogen-bond acceptors (Lipinski definition) is 4. The summed E-state index contributed by atoms with van der Waals surface area (Å²) in [5.74, 6) is 1.39. The van der Waals surface area contributed by atoms with Crippen LogP contribution in [0.3, 0.4) is 0 Å². The lowest BCUT2D eigenvalue weighted by atomic mass is 9.55. The molecule has 6 heteroatoms. The van der Waals surface area contributed by atoms with E-state index in [-0.39, 0.29) is 9.49 Å². The van der Waals surface area contributed by atoms with E-state index in [1.807, 2.05) is 0 Å². The highest BCUT2D eigenvalue weighted by Gasteiger charge is 2.64. The van der Waals surface area contributed by atoms with Gasteiger partial charge in [-0.2, -0.15) is 0 Å². The zero-order chi connectivity index (χ0) is 15.4. The molecule has 4 bridgehead atoms. The summed E-state index contributed by atoms with van der Waals surface area (Å²) in [6.45, 7) is 0. The van der Waals surface area contributed by atoms with Crippen LogP contribution >= 0.6 is 0 Å². The van der Waals surface area contributed by atoms with Crippen molar-refractivity contribution in [3.05, 3.63) is 24.3 Å². The minimum absolute atomic E-state index is 0.282. The maximum absolute atomic E-state index is 12.9. The molecule has 4 nitrogen and oxygen atoms in total. The van der Waals surface area contributed by atoms with Crippen molar-refractivity contribution in [3.63, 3.8) is 0 Å². The molecular formula is C16H20N2O2S2. The van der Waals surface area contributed by atoms with Crippen LogP contribution in [-0.4, -0.2) is 17.9 Å². The van der Waals surface area contributed by atoms with Gasteiger partial charge in [0.25, 0.3) is 0 Å². The van der Waals surface area contributed by atoms with E-state index in [4.69, 9.17) is 9.56 Å². The fraction of sp³-hybridized carbons (Fsp3) is 0.625. The molecule has 6 saturated carbocycles. The summed E-state index contributed by atoms with van der Waals surface area (Å²) >= 11 is 0. The van der Waals surface area contributed by atoms with Crippen molar-refractivity contribution in [1.82, 2.24) is 0 Å². The molecule has 0 amide bonds. The summed E-state index contributed by atoms with van der Waals surface area (Å²) < 4.78 is 42.0. The first-order valence-electron chi connectivity index (χ1n) is 7.95. The van der Waals surface area contributed by atoms with E-state index < -0.39 is 19.5 Å². The predicted molar refractivity (Wildman–Crippen MR) is 84.8 cm³/mol. The number of hydrogen-bond donors (Lipinski definition) is 2. The molecule has 6 aliphatic carbocycles. The van der Waals surface area contributed by atoms with Crippen LogP contribution in [0.2, 0.25) is 0 Å². The molecule has 0 aliphatic heterocycles. The van der Waals surface area contributed by atoms with E-state index in [1.54, 1.807) is 24.3 Å². The number of benzene rings is 1. The normalized spacial score (nSPS) is 46.0. The Morgan fingerprint density at radius 1 is 0.727 bits per heavy atom. The fourth-order valence-electron chi connectivity index (χ4n) is 4.82. The van der Waals surface area contributed by atoms with Crippen molar-refractivity contribution in [2.45, 2.75) is 57.8 Å². The Hall–Kier alpha value is -0.880. The highest BCUT2D eigenvalue weighted by atomic mass is 32.2. The predicted octanol–water partition coefficient (Wildman–Crippen LogP) is 3.60. The lowest BCUT2D eigenvalue weighted by Gasteiger charge is -2.62. The van der Waals surface area contributed by atoms with Gasteiger partial charge >= 0.3 is 0 Å². The van der Waals surface area contributed by atoms with Gasteiger partial charge in [-0.1, -0.05) is 0 Å². The first-order valence-corrected chi connectivity index (χ1v) is 11.1.